The summed E-state index contributed by atoms with van der Waals surface area (Å²) in [7, 11) is 0. The van der Waals surface area contributed by atoms with Crippen LogP contribution < -0.4 is 5.73 Å². The number of hydrogen-bond acceptors (Lipinski definition) is 5. The highest BCUT2D eigenvalue weighted by molar-refractivity contribution is 5.81. The van der Waals surface area contributed by atoms with Crippen LogP contribution in [0.1, 0.15) is 16.7 Å². The van der Waals surface area contributed by atoms with E-state index in [1.54, 1.807) is 18.2 Å². The van der Waals surface area contributed by atoms with Crippen molar-refractivity contribution >= 4 is 11.5 Å². The number of non-ortho nitro benzene ring substituents is 1. The van der Waals surface area contributed by atoms with Crippen LogP contribution in [-0.4, -0.2) is 9.91 Å². The second-order valence-electron chi connectivity index (χ2n) is 6.05. The fourth-order valence-electron chi connectivity index (χ4n) is 2.85. The van der Waals surface area contributed by atoms with E-state index >= 15 is 0 Å². The highest BCUT2D eigenvalue weighted by Crippen LogP contribution is 2.33. The number of benzene rings is 2. The van der Waals surface area contributed by atoms with Crippen LogP contribution in [0.2, 0.25) is 0 Å². The van der Waals surface area contributed by atoms with Gasteiger partial charge in [0.05, 0.1) is 10.6 Å². The molecule has 0 saturated carbocycles. The minimum absolute atomic E-state index is 0.0462. The molecule has 0 radical (unpaired) electrons. The van der Waals surface area contributed by atoms with Gasteiger partial charge >= 0.3 is 0 Å². The molecule has 0 aliphatic heterocycles. The average Bonchev–Trinajstić information content (AvgIpc) is 2.63. The second kappa shape index (κ2) is 6.65. The number of aryl methyl sites for hydroxylation is 2. The number of nitro benzene ring substituents is 1. The molecule has 6 heteroatoms. The molecule has 1 aromatic heterocycles. The van der Waals surface area contributed by atoms with Gasteiger partial charge in [0, 0.05) is 23.3 Å². The molecule has 6 nitrogen and oxygen atoms in total. The molecule has 0 unspecified atom stereocenters. The summed E-state index contributed by atoms with van der Waals surface area (Å²) in [6.45, 7) is 3.95. The lowest BCUT2D eigenvalue weighted by Gasteiger charge is -2.12. The van der Waals surface area contributed by atoms with Crippen LogP contribution in [0, 0.1) is 35.3 Å². The van der Waals surface area contributed by atoms with Crippen molar-refractivity contribution in [1.82, 2.24) is 4.98 Å². The Kier molecular flexibility index (Phi) is 4.38. The summed E-state index contributed by atoms with van der Waals surface area (Å²) in [6.07, 6.45) is 0. The largest absolute Gasteiger partial charge is 0.383 e. The maximum Gasteiger partial charge on any atom is 0.270 e. The number of nitrogen functional groups attached to an aromatic ring is 1. The molecule has 0 atom stereocenters. The number of nitriles is 1. The number of nitro groups is 1. The molecule has 0 spiro atoms. The zero-order chi connectivity index (χ0) is 18.8. The first-order valence-electron chi connectivity index (χ1n) is 7.94. The van der Waals surface area contributed by atoms with Crippen LogP contribution >= 0.6 is 0 Å². The third-order valence-corrected chi connectivity index (χ3v) is 4.20. The van der Waals surface area contributed by atoms with Gasteiger partial charge < -0.3 is 5.73 Å². The fourth-order valence-corrected chi connectivity index (χ4v) is 2.85. The van der Waals surface area contributed by atoms with E-state index in [-0.39, 0.29) is 17.1 Å². The van der Waals surface area contributed by atoms with Gasteiger partial charge in [0.1, 0.15) is 17.5 Å². The summed E-state index contributed by atoms with van der Waals surface area (Å²) < 4.78 is 0. The van der Waals surface area contributed by atoms with Gasteiger partial charge in [0.15, 0.2) is 0 Å². The van der Waals surface area contributed by atoms with E-state index in [1.165, 1.54) is 12.1 Å². The predicted molar refractivity (Wildman–Crippen MR) is 100 cm³/mol. The molecule has 0 fully saturated rings. The van der Waals surface area contributed by atoms with E-state index in [9.17, 15) is 15.4 Å². The predicted octanol–water partition coefficient (Wildman–Crippen LogP) is 4.39. The number of hydrogen-bond donors (Lipinski definition) is 1. The fraction of sp³-hybridized carbons (Fsp3) is 0.100. The zero-order valence-electron chi connectivity index (χ0n) is 14.4. The first kappa shape index (κ1) is 17.1. The Morgan fingerprint density at radius 2 is 1.88 bits per heavy atom. The smallest absolute Gasteiger partial charge is 0.270 e. The van der Waals surface area contributed by atoms with E-state index in [0.717, 1.165) is 16.7 Å². The average molecular weight is 344 g/mol. The van der Waals surface area contributed by atoms with Gasteiger partial charge in [0.25, 0.3) is 5.69 Å². The Hall–Kier alpha value is -3.72. The van der Waals surface area contributed by atoms with E-state index in [1.807, 2.05) is 32.0 Å². The lowest BCUT2D eigenvalue weighted by Crippen LogP contribution is -2.01. The Morgan fingerprint density at radius 3 is 2.58 bits per heavy atom. The Bertz CT molecular complexity index is 1070. The molecule has 2 N–H and O–H groups in total. The van der Waals surface area contributed by atoms with Crippen LogP contribution in [0.3, 0.4) is 0 Å². The topological polar surface area (TPSA) is 106 Å². The van der Waals surface area contributed by atoms with Crippen LogP contribution in [0.5, 0.6) is 0 Å². The lowest BCUT2D eigenvalue weighted by molar-refractivity contribution is -0.384. The molecule has 3 aromatic rings. The molecule has 0 saturated heterocycles. The van der Waals surface area contributed by atoms with Crippen molar-refractivity contribution < 1.29 is 4.92 Å². The molecule has 0 aliphatic rings. The van der Waals surface area contributed by atoms with Gasteiger partial charge in [-0.3, -0.25) is 10.1 Å². The van der Waals surface area contributed by atoms with Crippen LogP contribution in [0.15, 0.2) is 48.5 Å². The summed E-state index contributed by atoms with van der Waals surface area (Å²) in [5, 5.41) is 20.6. The van der Waals surface area contributed by atoms with Crippen molar-refractivity contribution in [2.75, 3.05) is 5.73 Å². The van der Waals surface area contributed by atoms with Gasteiger partial charge in [0.2, 0.25) is 0 Å². The highest BCUT2D eigenvalue weighted by atomic mass is 16.6. The molecule has 0 bridgehead atoms. The number of aromatic nitrogens is 1. The lowest BCUT2D eigenvalue weighted by atomic mass is 9.96. The first-order valence-corrected chi connectivity index (χ1v) is 7.94. The van der Waals surface area contributed by atoms with Crippen molar-refractivity contribution in [3.05, 3.63) is 75.3 Å². The molecule has 1 heterocycles. The maximum absolute atomic E-state index is 11.1. The number of anilines is 1. The molecule has 3 rings (SSSR count). The van der Waals surface area contributed by atoms with Gasteiger partial charge in [-0.25, -0.2) is 4.98 Å². The van der Waals surface area contributed by atoms with Crippen LogP contribution in [0.4, 0.5) is 11.5 Å². The van der Waals surface area contributed by atoms with Gasteiger partial charge in [-0.1, -0.05) is 29.8 Å². The molecule has 26 heavy (non-hydrogen) atoms. The van der Waals surface area contributed by atoms with E-state index in [0.29, 0.717) is 16.8 Å². The van der Waals surface area contributed by atoms with E-state index < -0.39 is 4.92 Å². The van der Waals surface area contributed by atoms with Crippen molar-refractivity contribution in [3.8, 4) is 28.5 Å². The minimum Gasteiger partial charge on any atom is -0.383 e. The van der Waals surface area contributed by atoms with Crippen molar-refractivity contribution in [1.29, 1.82) is 5.26 Å². The normalized spacial score (nSPS) is 10.3. The zero-order valence-corrected chi connectivity index (χ0v) is 14.4. The quantitative estimate of drug-likeness (QED) is 0.560. The second-order valence-corrected chi connectivity index (χ2v) is 6.05. The summed E-state index contributed by atoms with van der Waals surface area (Å²) in [4.78, 5) is 15.0. The van der Waals surface area contributed by atoms with Crippen LogP contribution in [0.25, 0.3) is 22.4 Å². The SMILES string of the molecule is Cc1ccc(C)c(-c2cc(-c3cccc([N+](=O)[O-])c3)c(C#N)c(N)n2)c1. The van der Waals surface area contributed by atoms with E-state index in [4.69, 9.17) is 5.73 Å². The number of pyridine rings is 1. The molecule has 0 aliphatic carbocycles. The summed E-state index contributed by atoms with van der Waals surface area (Å²) in [6, 6.07) is 16.0. The van der Waals surface area contributed by atoms with Crippen molar-refractivity contribution in [2.45, 2.75) is 13.8 Å². The first-order chi connectivity index (χ1) is 12.4. The molecule has 2 aromatic carbocycles. The number of nitrogens with two attached hydrogens (primary N) is 1. The molecule has 0 amide bonds. The maximum atomic E-state index is 11.1. The Balaban J connectivity index is 2.27. The van der Waals surface area contributed by atoms with Crippen molar-refractivity contribution in [3.63, 3.8) is 0 Å². The van der Waals surface area contributed by atoms with Gasteiger partial charge in [-0.2, -0.15) is 5.26 Å². The Morgan fingerprint density at radius 1 is 1.12 bits per heavy atom. The summed E-state index contributed by atoms with van der Waals surface area (Å²) in [5.41, 5.74) is 10.9. The van der Waals surface area contributed by atoms with Crippen LogP contribution in [-0.2, 0) is 0 Å². The van der Waals surface area contributed by atoms with E-state index in [2.05, 4.69) is 11.1 Å². The minimum atomic E-state index is -0.467. The number of nitrogens with zero attached hydrogens (tertiary/aromatic N) is 3. The third kappa shape index (κ3) is 3.10. The standard InChI is InChI=1S/C20H16N4O2/c1-12-6-7-13(2)16(8-12)19-10-17(18(11-21)20(22)23-19)14-4-3-5-15(9-14)24(25)26/h3-10H,1-2H3,(H2,22,23). The summed E-state index contributed by atoms with van der Waals surface area (Å²) >= 11 is 0. The van der Waals surface area contributed by atoms with Gasteiger partial charge in [-0.05, 0) is 37.1 Å². The summed E-state index contributed by atoms with van der Waals surface area (Å²) in [5.74, 6) is 0.104. The van der Waals surface area contributed by atoms with Gasteiger partial charge in [-0.15, -0.1) is 0 Å². The molecule has 128 valence electrons. The molecular formula is C20H16N4O2. The molecular weight excluding hydrogens is 328 g/mol. The number of rotatable bonds is 3. The van der Waals surface area contributed by atoms with Crippen molar-refractivity contribution in [2.24, 2.45) is 0 Å². The third-order valence-electron chi connectivity index (χ3n) is 4.20. The Labute approximate surface area is 150 Å². The highest BCUT2D eigenvalue weighted by Gasteiger charge is 2.16. The monoisotopic (exact) mass is 344 g/mol.